The molecule has 2 rings (SSSR count). The minimum Gasteiger partial charge on any atom is -0.338 e. The van der Waals surface area contributed by atoms with E-state index >= 15 is 0 Å². The third-order valence-corrected chi connectivity index (χ3v) is 5.37. The van der Waals surface area contributed by atoms with Crippen LogP contribution in [0.1, 0.15) is 23.6 Å². The van der Waals surface area contributed by atoms with Crippen molar-refractivity contribution in [1.82, 2.24) is 9.21 Å². The molecule has 0 atom stereocenters. The molecule has 0 aliphatic rings. The minimum absolute atomic E-state index is 0.159. The Kier molecular flexibility index (Phi) is 6.94. The molecule has 0 heterocycles. The molecule has 0 aliphatic carbocycles. The number of likely N-dealkylation sites (N-methyl/N-ethyl adjacent to an activating group) is 1. The molecule has 0 bridgehead atoms. The van der Waals surface area contributed by atoms with Crippen LogP contribution in [0.5, 0.6) is 0 Å². The van der Waals surface area contributed by atoms with Crippen LogP contribution in [0, 0.1) is 6.92 Å². The van der Waals surface area contributed by atoms with Crippen LogP contribution in [0.2, 0.25) is 0 Å². The molecule has 1 amide bonds. The van der Waals surface area contributed by atoms with Gasteiger partial charge >= 0.3 is 0 Å². The highest BCUT2D eigenvalue weighted by atomic mass is 32.2. The molecule has 0 saturated carbocycles. The smallest absolute Gasteiger partial charge is 0.238 e. The van der Waals surface area contributed by atoms with Gasteiger partial charge in [-0.25, -0.2) is 8.42 Å². The molecule has 2 aromatic carbocycles. The van der Waals surface area contributed by atoms with Gasteiger partial charge in [-0.15, -0.1) is 0 Å². The monoisotopic (exact) mass is 374 g/mol. The van der Waals surface area contributed by atoms with Crippen LogP contribution in [-0.2, 0) is 27.9 Å². The molecular formula is C20H26N2O3S. The van der Waals surface area contributed by atoms with Gasteiger partial charge in [0.15, 0.2) is 0 Å². The second-order valence-corrected chi connectivity index (χ2v) is 8.40. The Balaban J connectivity index is 2.12. The number of benzene rings is 2. The number of hydrogen-bond donors (Lipinski definition) is 0. The van der Waals surface area contributed by atoms with Gasteiger partial charge in [-0.3, -0.25) is 4.79 Å². The van der Waals surface area contributed by atoms with E-state index < -0.39 is 10.0 Å². The van der Waals surface area contributed by atoms with Crippen LogP contribution < -0.4 is 0 Å². The highest BCUT2D eigenvalue weighted by Gasteiger charge is 2.23. The van der Waals surface area contributed by atoms with Crippen molar-refractivity contribution >= 4 is 15.9 Å². The highest BCUT2D eigenvalue weighted by Crippen LogP contribution is 2.12. The van der Waals surface area contributed by atoms with Crippen molar-refractivity contribution < 1.29 is 13.2 Å². The van der Waals surface area contributed by atoms with Gasteiger partial charge in [0.05, 0.1) is 12.8 Å². The lowest BCUT2D eigenvalue weighted by Crippen LogP contribution is -2.41. The van der Waals surface area contributed by atoms with Gasteiger partial charge in [0.25, 0.3) is 0 Å². The summed E-state index contributed by atoms with van der Waals surface area (Å²) in [6.07, 6.45) is 1.14. The average Bonchev–Trinajstić information content (AvgIpc) is 2.59. The number of rotatable bonds is 8. The van der Waals surface area contributed by atoms with E-state index in [1.165, 1.54) is 4.31 Å². The van der Waals surface area contributed by atoms with Gasteiger partial charge in [0, 0.05) is 19.6 Å². The standard InChI is InChI=1S/C20H26N2O3S/c1-4-21(14-18-10-6-5-7-11-18)20(23)16-22(26(3,24)25)15-19-12-8-9-17(2)13-19/h5-13H,4,14-16H2,1-3H3. The van der Waals surface area contributed by atoms with Crippen LogP contribution in [0.3, 0.4) is 0 Å². The summed E-state index contributed by atoms with van der Waals surface area (Å²) in [5.41, 5.74) is 2.95. The van der Waals surface area contributed by atoms with E-state index in [0.717, 1.165) is 22.9 Å². The van der Waals surface area contributed by atoms with Gasteiger partial charge in [0.1, 0.15) is 0 Å². The van der Waals surface area contributed by atoms with Gasteiger partial charge in [-0.05, 0) is 25.0 Å². The molecule has 26 heavy (non-hydrogen) atoms. The predicted octanol–water partition coefficient (Wildman–Crippen LogP) is 2.81. The van der Waals surface area contributed by atoms with E-state index in [4.69, 9.17) is 0 Å². The number of aryl methyl sites for hydroxylation is 1. The molecule has 0 fully saturated rings. The highest BCUT2D eigenvalue weighted by molar-refractivity contribution is 7.88. The molecule has 6 heteroatoms. The van der Waals surface area contributed by atoms with Crippen molar-refractivity contribution in [1.29, 1.82) is 0 Å². The summed E-state index contributed by atoms with van der Waals surface area (Å²) in [7, 11) is -3.50. The van der Waals surface area contributed by atoms with Crippen LogP contribution >= 0.6 is 0 Å². The summed E-state index contributed by atoms with van der Waals surface area (Å²) in [4.78, 5) is 14.4. The number of nitrogens with zero attached hydrogens (tertiary/aromatic N) is 2. The molecular weight excluding hydrogens is 348 g/mol. The quantitative estimate of drug-likeness (QED) is 0.714. The summed E-state index contributed by atoms with van der Waals surface area (Å²) >= 11 is 0. The van der Waals surface area contributed by atoms with E-state index in [-0.39, 0.29) is 19.0 Å². The lowest BCUT2D eigenvalue weighted by atomic mass is 10.1. The maximum absolute atomic E-state index is 12.7. The number of carbonyl (C=O) groups is 1. The largest absolute Gasteiger partial charge is 0.338 e. The first-order valence-corrected chi connectivity index (χ1v) is 10.5. The Morgan fingerprint density at radius 2 is 1.62 bits per heavy atom. The molecule has 5 nitrogen and oxygen atoms in total. The second kappa shape index (κ2) is 8.96. The summed E-state index contributed by atoms with van der Waals surface area (Å²) in [6.45, 7) is 4.88. The molecule has 0 aliphatic heterocycles. The lowest BCUT2D eigenvalue weighted by Gasteiger charge is -2.25. The Labute approximate surface area is 156 Å². The van der Waals surface area contributed by atoms with E-state index in [0.29, 0.717) is 13.1 Å². The summed E-state index contributed by atoms with van der Waals surface area (Å²) < 4.78 is 25.6. The second-order valence-electron chi connectivity index (χ2n) is 6.41. The fourth-order valence-corrected chi connectivity index (χ4v) is 3.46. The molecule has 2 aromatic rings. The Morgan fingerprint density at radius 3 is 2.19 bits per heavy atom. The van der Waals surface area contributed by atoms with Crippen molar-refractivity contribution in [3.05, 3.63) is 71.3 Å². The molecule has 0 unspecified atom stereocenters. The molecule has 0 radical (unpaired) electrons. The number of carbonyl (C=O) groups excluding carboxylic acids is 1. The van der Waals surface area contributed by atoms with Gasteiger partial charge in [0.2, 0.25) is 15.9 Å². The minimum atomic E-state index is -3.50. The summed E-state index contributed by atoms with van der Waals surface area (Å²) in [5, 5.41) is 0. The molecule has 0 aromatic heterocycles. The van der Waals surface area contributed by atoms with Crippen LogP contribution in [0.4, 0.5) is 0 Å². The van der Waals surface area contributed by atoms with Crippen molar-refractivity contribution in [3.8, 4) is 0 Å². The first-order chi connectivity index (χ1) is 12.3. The Bertz CT molecular complexity index is 835. The van der Waals surface area contributed by atoms with E-state index in [9.17, 15) is 13.2 Å². The Hall–Kier alpha value is -2.18. The van der Waals surface area contributed by atoms with Crippen LogP contribution in [-0.4, -0.2) is 42.9 Å². The first kappa shape index (κ1) is 20.1. The number of sulfonamides is 1. The number of hydrogen-bond acceptors (Lipinski definition) is 3. The topological polar surface area (TPSA) is 57.7 Å². The van der Waals surface area contributed by atoms with Crippen LogP contribution in [0.25, 0.3) is 0 Å². The molecule has 0 saturated heterocycles. The zero-order valence-corrected chi connectivity index (χ0v) is 16.4. The van der Waals surface area contributed by atoms with Crippen molar-refractivity contribution in [3.63, 3.8) is 0 Å². The zero-order chi connectivity index (χ0) is 19.2. The van der Waals surface area contributed by atoms with Crippen molar-refractivity contribution in [2.45, 2.75) is 26.9 Å². The summed E-state index contributed by atoms with van der Waals surface area (Å²) in [5.74, 6) is -0.200. The third-order valence-electron chi connectivity index (χ3n) is 4.17. The van der Waals surface area contributed by atoms with Crippen LogP contribution in [0.15, 0.2) is 54.6 Å². The fourth-order valence-electron chi connectivity index (χ4n) is 2.74. The summed E-state index contributed by atoms with van der Waals surface area (Å²) in [6, 6.07) is 17.3. The average molecular weight is 375 g/mol. The van der Waals surface area contributed by atoms with Gasteiger partial charge in [-0.1, -0.05) is 60.2 Å². The lowest BCUT2D eigenvalue weighted by molar-refractivity contribution is -0.131. The molecule has 0 spiro atoms. The predicted molar refractivity (Wildman–Crippen MR) is 104 cm³/mol. The fraction of sp³-hybridized carbons (Fsp3) is 0.350. The van der Waals surface area contributed by atoms with E-state index in [1.54, 1.807) is 4.90 Å². The zero-order valence-electron chi connectivity index (χ0n) is 15.6. The van der Waals surface area contributed by atoms with Gasteiger partial charge < -0.3 is 4.90 Å². The van der Waals surface area contributed by atoms with E-state index in [2.05, 4.69) is 0 Å². The third kappa shape index (κ3) is 5.97. The van der Waals surface area contributed by atoms with Crippen molar-refractivity contribution in [2.24, 2.45) is 0 Å². The Morgan fingerprint density at radius 1 is 0.962 bits per heavy atom. The molecule has 0 N–H and O–H groups in total. The maximum Gasteiger partial charge on any atom is 0.238 e. The van der Waals surface area contributed by atoms with Gasteiger partial charge in [-0.2, -0.15) is 4.31 Å². The molecule has 140 valence electrons. The van der Waals surface area contributed by atoms with Crippen molar-refractivity contribution in [2.75, 3.05) is 19.3 Å². The SMILES string of the molecule is CCN(Cc1ccccc1)C(=O)CN(Cc1cccc(C)c1)S(C)(=O)=O. The number of amides is 1. The van der Waals surface area contributed by atoms with E-state index in [1.807, 2.05) is 68.4 Å². The first-order valence-electron chi connectivity index (χ1n) is 8.62. The maximum atomic E-state index is 12.7. The normalized spacial score (nSPS) is 11.5.